The van der Waals surface area contributed by atoms with E-state index in [-0.39, 0.29) is 24.8 Å². The molecule has 3 aromatic rings. The molecular formula is C19H24Cl2N4O. The minimum atomic E-state index is 0. The van der Waals surface area contributed by atoms with Gasteiger partial charge in [-0.05, 0) is 56.3 Å². The van der Waals surface area contributed by atoms with Crippen LogP contribution in [0.1, 0.15) is 24.5 Å². The van der Waals surface area contributed by atoms with Crippen molar-refractivity contribution in [3.63, 3.8) is 0 Å². The van der Waals surface area contributed by atoms with Crippen LogP contribution in [0.3, 0.4) is 0 Å². The number of hydrogen-bond acceptors (Lipinski definition) is 4. The Bertz CT molecular complexity index is 858. The maximum atomic E-state index is 5.27. The quantitative estimate of drug-likeness (QED) is 0.730. The molecule has 1 aromatic carbocycles. The lowest BCUT2D eigenvalue weighted by molar-refractivity contribution is 0.415. The number of halogens is 2. The molecule has 0 amide bonds. The molecule has 0 saturated carbocycles. The molecule has 1 N–H and O–H groups in total. The third kappa shape index (κ3) is 3.80. The van der Waals surface area contributed by atoms with Crippen molar-refractivity contribution in [3.05, 3.63) is 42.4 Å². The molecule has 2 aromatic heterocycles. The number of rotatable bonds is 3. The molecule has 140 valence electrons. The molecule has 0 atom stereocenters. The van der Waals surface area contributed by atoms with Crippen molar-refractivity contribution in [2.75, 3.05) is 20.2 Å². The van der Waals surface area contributed by atoms with Gasteiger partial charge in [0.2, 0.25) is 0 Å². The minimum absolute atomic E-state index is 0. The highest BCUT2D eigenvalue weighted by Gasteiger charge is 2.20. The molecule has 0 aliphatic carbocycles. The van der Waals surface area contributed by atoms with Crippen LogP contribution in [0.4, 0.5) is 0 Å². The summed E-state index contributed by atoms with van der Waals surface area (Å²) in [5.41, 5.74) is 5.32. The van der Waals surface area contributed by atoms with E-state index in [0.29, 0.717) is 5.92 Å². The molecule has 1 aliphatic heterocycles. The van der Waals surface area contributed by atoms with Crippen LogP contribution >= 0.6 is 24.8 Å². The van der Waals surface area contributed by atoms with Crippen LogP contribution in [-0.4, -0.2) is 34.7 Å². The van der Waals surface area contributed by atoms with Gasteiger partial charge >= 0.3 is 0 Å². The first-order valence-electron chi connectivity index (χ1n) is 8.43. The average molecular weight is 395 g/mol. The van der Waals surface area contributed by atoms with Gasteiger partial charge in [0, 0.05) is 24.2 Å². The van der Waals surface area contributed by atoms with Crippen LogP contribution in [0.25, 0.3) is 22.3 Å². The van der Waals surface area contributed by atoms with E-state index >= 15 is 0 Å². The lowest BCUT2D eigenvalue weighted by atomic mass is 9.93. The predicted molar refractivity (Wildman–Crippen MR) is 110 cm³/mol. The van der Waals surface area contributed by atoms with Gasteiger partial charge < -0.3 is 14.6 Å². The van der Waals surface area contributed by atoms with E-state index in [1.54, 1.807) is 7.11 Å². The van der Waals surface area contributed by atoms with Crippen molar-refractivity contribution in [1.29, 1.82) is 0 Å². The summed E-state index contributed by atoms with van der Waals surface area (Å²) >= 11 is 0. The Kier molecular flexibility index (Phi) is 6.87. The first kappa shape index (κ1) is 20.5. The molecular weight excluding hydrogens is 371 g/mol. The van der Waals surface area contributed by atoms with Gasteiger partial charge in [-0.25, -0.2) is 4.98 Å². The molecule has 0 spiro atoms. The zero-order valence-electron chi connectivity index (χ0n) is 14.9. The highest BCUT2D eigenvalue weighted by molar-refractivity contribution is 5.90. The molecule has 1 saturated heterocycles. The topological polar surface area (TPSA) is 52.0 Å². The fourth-order valence-electron chi connectivity index (χ4n) is 3.42. The summed E-state index contributed by atoms with van der Waals surface area (Å²) in [7, 11) is 3.72. The number of pyridine rings is 1. The van der Waals surface area contributed by atoms with E-state index in [9.17, 15) is 0 Å². The van der Waals surface area contributed by atoms with Crippen LogP contribution in [0, 0.1) is 0 Å². The van der Waals surface area contributed by atoms with E-state index in [1.165, 1.54) is 5.69 Å². The standard InChI is InChI=1S/C19H22N4O.2ClH/c1-23-12-21-19-17(23)11-16(13-7-9-20-10-8-13)22-18(19)14-3-5-15(24-2)6-4-14;;/h3-6,11-13,20H,7-10H2,1-2H3;2*1H. The summed E-state index contributed by atoms with van der Waals surface area (Å²) in [6.45, 7) is 2.13. The molecule has 5 nitrogen and oxygen atoms in total. The Labute approximate surface area is 166 Å². The van der Waals surface area contributed by atoms with E-state index < -0.39 is 0 Å². The van der Waals surface area contributed by atoms with Gasteiger partial charge in [0.25, 0.3) is 0 Å². The van der Waals surface area contributed by atoms with Crippen molar-refractivity contribution in [2.24, 2.45) is 7.05 Å². The Morgan fingerprint density at radius 1 is 1.12 bits per heavy atom. The molecule has 3 heterocycles. The summed E-state index contributed by atoms with van der Waals surface area (Å²) in [4.78, 5) is 9.60. The third-order valence-electron chi connectivity index (χ3n) is 4.85. The zero-order chi connectivity index (χ0) is 16.5. The monoisotopic (exact) mass is 394 g/mol. The van der Waals surface area contributed by atoms with E-state index in [4.69, 9.17) is 9.72 Å². The lowest BCUT2D eigenvalue weighted by Gasteiger charge is -2.22. The number of hydrogen-bond donors (Lipinski definition) is 1. The largest absolute Gasteiger partial charge is 0.497 e. The lowest BCUT2D eigenvalue weighted by Crippen LogP contribution is -2.27. The second-order valence-corrected chi connectivity index (χ2v) is 6.37. The Morgan fingerprint density at radius 3 is 2.46 bits per heavy atom. The number of aromatic nitrogens is 3. The number of benzene rings is 1. The number of imidazole rings is 1. The van der Waals surface area contributed by atoms with Crippen molar-refractivity contribution < 1.29 is 4.74 Å². The fraction of sp³-hybridized carbons (Fsp3) is 0.368. The highest BCUT2D eigenvalue weighted by Crippen LogP contribution is 2.32. The second-order valence-electron chi connectivity index (χ2n) is 6.37. The Hall–Kier alpha value is -1.82. The van der Waals surface area contributed by atoms with Crippen LogP contribution in [0.2, 0.25) is 0 Å². The molecule has 0 unspecified atom stereocenters. The first-order valence-corrected chi connectivity index (χ1v) is 8.43. The molecule has 0 radical (unpaired) electrons. The van der Waals surface area contributed by atoms with Gasteiger partial charge in [-0.1, -0.05) is 0 Å². The molecule has 7 heteroatoms. The summed E-state index contributed by atoms with van der Waals surface area (Å²) in [5.74, 6) is 1.37. The smallest absolute Gasteiger partial charge is 0.118 e. The van der Waals surface area contributed by atoms with Gasteiger partial charge in [0.05, 0.1) is 24.6 Å². The number of nitrogens with zero attached hydrogens (tertiary/aromatic N) is 3. The van der Waals surface area contributed by atoms with Crippen LogP contribution < -0.4 is 10.1 Å². The predicted octanol–water partition coefficient (Wildman–Crippen LogP) is 3.95. The number of methoxy groups -OCH3 is 1. The molecule has 1 fully saturated rings. The number of piperidine rings is 1. The van der Waals surface area contributed by atoms with Crippen molar-refractivity contribution in [2.45, 2.75) is 18.8 Å². The second kappa shape index (κ2) is 8.71. The average Bonchev–Trinajstić information content (AvgIpc) is 3.03. The van der Waals surface area contributed by atoms with Crippen LogP contribution in [0.15, 0.2) is 36.7 Å². The van der Waals surface area contributed by atoms with E-state index in [1.807, 2.05) is 25.5 Å². The van der Waals surface area contributed by atoms with Gasteiger partial charge in [0.1, 0.15) is 11.3 Å². The molecule has 26 heavy (non-hydrogen) atoms. The van der Waals surface area contributed by atoms with Crippen molar-refractivity contribution >= 4 is 35.8 Å². The molecule has 1 aliphatic rings. The maximum Gasteiger partial charge on any atom is 0.118 e. The SMILES string of the molecule is COc1ccc(-c2nc(C3CCNCC3)cc3c2ncn3C)cc1.Cl.Cl. The number of fused-ring (bicyclic) bond motifs is 1. The van der Waals surface area contributed by atoms with Gasteiger partial charge in [-0.2, -0.15) is 0 Å². The van der Waals surface area contributed by atoms with Crippen LogP contribution in [0.5, 0.6) is 5.75 Å². The highest BCUT2D eigenvalue weighted by atomic mass is 35.5. The number of ether oxygens (including phenoxy) is 1. The fourth-order valence-corrected chi connectivity index (χ4v) is 3.42. The summed E-state index contributed by atoms with van der Waals surface area (Å²) in [6, 6.07) is 10.3. The first-order chi connectivity index (χ1) is 11.8. The van der Waals surface area contributed by atoms with Crippen molar-refractivity contribution in [3.8, 4) is 17.0 Å². The van der Waals surface area contributed by atoms with Gasteiger partial charge in [-0.15, -0.1) is 24.8 Å². The Morgan fingerprint density at radius 2 is 1.81 bits per heavy atom. The molecule has 4 rings (SSSR count). The third-order valence-corrected chi connectivity index (χ3v) is 4.85. The molecule has 0 bridgehead atoms. The summed E-state index contributed by atoms with van der Waals surface area (Å²) in [6.07, 6.45) is 4.14. The number of nitrogens with one attached hydrogen (secondary N) is 1. The van der Waals surface area contributed by atoms with E-state index in [0.717, 1.165) is 54.0 Å². The van der Waals surface area contributed by atoms with Gasteiger partial charge in [0.15, 0.2) is 0 Å². The Balaban J connectivity index is 0.00000121. The normalized spacial score (nSPS) is 14.5. The van der Waals surface area contributed by atoms with Crippen LogP contribution in [-0.2, 0) is 7.05 Å². The maximum absolute atomic E-state index is 5.27. The zero-order valence-corrected chi connectivity index (χ0v) is 16.6. The number of aryl methyl sites for hydroxylation is 1. The van der Waals surface area contributed by atoms with E-state index in [2.05, 4.69) is 33.1 Å². The van der Waals surface area contributed by atoms with Crippen molar-refractivity contribution in [1.82, 2.24) is 19.9 Å². The summed E-state index contributed by atoms with van der Waals surface area (Å²) < 4.78 is 7.35. The van der Waals surface area contributed by atoms with Gasteiger partial charge in [-0.3, -0.25) is 4.98 Å². The summed E-state index contributed by atoms with van der Waals surface area (Å²) in [5, 5.41) is 3.43. The minimum Gasteiger partial charge on any atom is -0.497 e.